The Balaban J connectivity index is 1.54. The highest BCUT2D eigenvalue weighted by Gasteiger charge is 2.46. The molecule has 8 bridgehead atoms. The molecule has 9 rings (SSSR count). The van der Waals surface area contributed by atoms with Gasteiger partial charge in [-0.15, -0.1) is 0 Å². The van der Waals surface area contributed by atoms with Gasteiger partial charge in [0.2, 0.25) is 0 Å². The fraction of sp³-hybridized carbons (Fsp3) is 0.106. The molecule has 262 valence electrons. The summed E-state index contributed by atoms with van der Waals surface area (Å²) in [6, 6.07) is 47.6. The van der Waals surface area contributed by atoms with Crippen molar-refractivity contribution in [2.75, 3.05) is 0 Å². The van der Waals surface area contributed by atoms with Crippen LogP contribution in [0.1, 0.15) is 48.6 Å². The van der Waals surface area contributed by atoms with Gasteiger partial charge in [-0.05, 0) is 64.6 Å². The average Bonchev–Trinajstić information content (AvgIpc) is 4.03. The minimum Gasteiger partial charge on any atom is -0.354 e. The lowest BCUT2D eigenvalue weighted by atomic mass is 9.82. The molecule has 5 heterocycles. The third-order valence-electron chi connectivity index (χ3n) is 10.5. The number of H-pyrrole nitrogens is 2. The zero-order valence-corrected chi connectivity index (χ0v) is 29.9. The van der Waals surface area contributed by atoms with E-state index in [1.165, 1.54) is 0 Å². The van der Waals surface area contributed by atoms with Crippen LogP contribution in [-0.4, -0.2) is 24.9 Å². The average molecular weight is 704 g/mol. The van der Waals surface area contributed by atoms with Gasteiger partial charge in [0.05, 0.1) is 23.0 Å². The van der Waals surface area contributed by atoms with Crippen molar-refractivity contribution in [1.29, 1.82) is 0 Å². The van der Waals surface area contributed by atoms with Gasteiger partial charge in [0.15, 0.2) is 0 Å². The highest BCUT2D eigenvalue weighted by Crippen LogP contribution is 2.49. The quantitative estimate of drug-likeness (QED) is 0.133. The fourth-order valence-corrected chi connectivity index (χ4v) is 8.13. The second kappa shape index (κ2) is 13.6. The highest BCUT2D eigenvalue weighted by molar-refractivity contribution is 5.97. The molecule has 7 heteroatoms. The second-order valence-electron chi connectivity index (χ2n) is 14.1. The van der Waals surface area contributed by atoms with Crippen LogP contribution in [0.3, 0.4) is 0 Å². The van der Waals surface area contributed by atoms with E-state index in [4.69, 9.17) is 9.97 Å². The van der Waals surface area contributed by atoms with Crippen molar-refractivity contribution in [3.8, 4) is 44.5 Å². The summed E-state index contributed by atoms with van der Waals surface area (Å²) >= 11 is 0. The molecule has 0 saturated heterocycles. The molecule has 2 atom stereocenters. The molecule has 0 radical (unpaired) electrons. The number of nitro groups is 1. The smallest absolute Gasteiger partial charge is 0.263 e. The van der Waals surface area contributed by atoms with Crippen molar-refractivity contribution in [2.45, 2.75) is 25.8 Å². The molecule has 0 amide bonds. The molecule has 2 N–H and O–H groups in total. The first-order valence-electron chi connectivity index (χ1n) is 18.3. The van der Waals surface area contributed by atoms with E-state index in [2.05, 4.69) is 90.6 Å². The van der Waals surface area contributed by atoms with E-state index in [-0.39, 0.29) is 10.8 Å². The molecule has 0 saturated carbocycles. The number of aromatic nitrogens is 4. The van der Waals surface area contributed by atoms with Crippen molar-refractivity contribution in [3.63, 3.8) is 0 Å². The van der Waals surface area contributed by atoms with Gasteiger partial charge in [-0.1, -0.05) is 135 Å². The zero-order chi connectivity index (χ0) is 36.8. The summed E-state index contributed by atoms with van der Waals surface area (Å²) < 4.78 is 0. The largest absolute Gasteiger partial charge is 0.354 e. The van der Waals surface area contributed by atoms with Crippen molar-refractivity contribution in [1.82, 2.24) is 19.9 Å². The van der Waals surface area contributed by atoms with Gasteiger partial charge in [0.1, 0.15) is 5.69 Å². The van der Waals surface area contributed by atoms with Gasteiger partial charge >= 0.3 is 0 Å². The van der Waals surface area contributed by atoms with E-state index < -0.39 is 12.0 Å². The first-order valence-corrected chi connectivity index (χ1v) is 18.3. The number of hydrogen-bond acceptors (Lipinski definition) is 4. The van der Waals surface area contributed by atoms with Gasteiger partial charge in [-0.3, -0.25) is 10.1 Å². The molecule has 7 aromatic rings. The van der Waals surface area contributed by atoms with Gasteiger partial charge in [0, 0.05) is 49.2 Å². The first-order chi connectivity index (χ1) is 26.5. The lowest BCUT2D eigenvalue weighted by Gasteiger charge is -2.20. The van der Waals surface area contributed by atoms with E-state index in [9.17, 15) is 10.1 Å². The molecule has 0 fully saturated rings. The number of rotatable bonds is 6. The fourth-order valence-electron chi connectivity index (χ4n) is 8.13. The van der Waals surface area contributed by atoms with Crippen LogP contribution in [0.25, 0.3) is 78.7 Å². The minimum absolute atomic E-state index is 0.0980. The highest BCUT2D eigenvalue weighted by atomic mass is 16.6. The van der Waals surface area contributed by atoms with Crippen LogP contribution in [0.5, 0.6) is 0 Å². The molecule has 0 spiro atoms. The SMILES string of the molecule is CC(C)C1c2nc(c(-c3ccccc3)c3ccc([nH]3)c(-c3ccccc3)c3nc(c(-c4ccccc4)c4ccc([nH]4)c2-c2ccccc2)C=C3)C1[N+](=O)[O-]. The predicted octanol–water partition coefficient (Wildman–Crippen LogP) is 11.9. The molecule has 2 unspecified atom stereocenters. The maximum atomic E-state index is 13.5. The van der Waals surface area contributed by atoms with Crippen LogP contribution >= 0.6 is 0 Å². The van der Waals surface area contributed by atoms with Crippen LogP contribution in [-0.2, 0) is 0 Å². The normalized spacial score (nSPS) is 15.1. The summed E-state index contributed by atoms with van der Waals surface area (Å²) in [5.74, 6) is -0.608. The van der Waals surface area contributed by atoms with Crippen LogP contribution in [0, 0.1) is 16.0 Å². The van der Waals surface area contributed by atoms with Crippen molar-refractivity contribution in [2.24, 2.45) is 5.92 Å². The summed E-state index contributed by atoms with van der Waals surface area (Å²) in [7, 11) is 0. The number of nitrogens with one attached hydrogen (secondary N) is 2. The van der Waals surface area contributed by atoms with Gasteiger partial charge in [0.25, 0.3) is 6.04 Å². The third kappa shape index (κ3) is 5.71. The third-order valence-corrected chi connectivity index (χ3v) is 10.5. The number of nitrogens with zero attached hydrogens (tertiary/aromatic N) is 3. The molecule has 54 heavy (non-hydrogen) atoms. The van der Waals surface area contributed by atoms with Crippen LogP contribution < -0.4 is 0 Å². The van der Waals surface area contributed by atoms with E-state index >= 15 is 0 Å². The van der Waals surface area contributed by atoms with Gasteiger partial charge in [-0.25, -0.2) is 9.97 Å². The monoisotopic (exact) mass is 703 g/mol. The van der Waals surface area contributed by atoms with E-state index in [0.717, 1.165) is 72.4 Å². The van der Waals surface area contributed by atoms with E-state index in [0.29, 0.717) is 17.0 Å². The molecule has 7 nitrogen and oxygen atoms in total. The van der Waals surface area contributed by atoms with Crippen LogP contribution in [0.15, 0.2) is 146 Å². The first kappa shape index (κ1) is 33.0. The number of aromatic amines is 2. The second-order valence-corrected chi connectivity index (χ2v) is 14.1. The van der Waals surface area contributed by atoms with Crippen LogP contribution in [0.2, 0.25) is 0 Å². The number of benzene rings is 4. The maximum absolute atomic E-state index is 13.5. The molecule has 2 aliphatic rings. The number of fused-ring (bicyclic) bond motifs is 8. The molecular weight excluding hydrogens is 667 g/mol. The Bertz CT molecular complexity index is 2720. The lowest BCUT2D eigenvalue weighted by Crippen LogP contribution is -2.20. The Labute approximate surface area is 312 Å². The molecule has 3 aromatic heterocycles. The summed E-state index contributed by atoms with van der Waals surface area (Å²) in [4.78, 5) is 31.6. The van der Waals surface area contributed by atoms with Gasteiger partial charge in [-0.2, -0.15) is 0 Å². The summed E-state index contributed by atoms with van der Waals surface area (Å²) in [5.41, 5.74) is 13.3. The molecule has 2 aliphatic heterocycles. The Morgan fingerprint density at radius 2 is 0.852 bits per heavy atom. The number of hydrogen-bond donors (Lipinski definition) is 2. The lowest BCUT2D eigenvalue weighted by molar-refractivity contribution is -0.533. The summed E-state index contributed by atoms with van der Waals surface area (Å²) in [6.07, 6.45) is 4.16. The Morgan fingerprint density at radius 3 is 1.22 bits per heavy atom. The van der Waals surface area contributed by atoms with E-state index in [1.54, 1.807) is 0 Å². The maximum Gasteiger partial charge on any atom is 0.263 e. The molecule has 0 aliphatic carbocycles. The minimum atomic E-state index is -1.09. The van der Waals surface area contributed by atoms with Gasteiger partial charge < -0.3 is 9.97 Å². The molecule has 4 aromatic carbocycles. The summed E-state index contributed by atoms with van der Waals surface area (Å²) in [6.45, 7) is 4.11. The predicted molar refractivity (Wildman–Crippen MR) is 219 cm³/mol. The van der Waals surface area contributed by atoms with Crippen molar-refractivity contribution < 1.29 is 4.92 Å². The Kier molecular flexibility index (Phi) is 8.31. The van der Waals surface area contributed by atoms with Crippen molar-refractivity contribution >= 4 is 34.2 Å². The Hall–Kier alpha value is -6.86. The van der Waals surface area contributed by atoms with E-state index in [1.807, 2.05) is 91.0 Å². The van der Waals surface area contributed by atoms with Crippen LogP contribution in [0.4, 0.5) is 0 Å². The van der Waals surface area contributed by atoms with Crippen molar-refractivity contribution in [3.05, 3.63) is 178 Å². The molecular formula is C47H37N5O2. The topological polar surface area (TPSA) is 100 Å². The Morgan fingerprint density at radius 1 is 0.500 bits per heavy atom. The summed E-state index contributed by atoms with van der Waals surface area (Å²) in [5, 5.41) is 13.5. The zero-order valence-electron chi connectivity index (χ0n) is 29.9. The standard InChI is InChI=1S/C47H37N5O2/c1-29(2)40-45-43(32-19-11-5-12-20-32)38-27-25-36(49-38)41(30-15-7-3-8-16-30)34-23-24-35(48-34)42(31-17-9-4-10-18-31)37-26-28-39(50-37)44(33-21-13-6-14-22-33)46(51-45)47(40)52(53)54/h3-29,40,47,49-50H,1-2H3.